The number of fused-ring (bicyclic) bond motifs is 3. The molecular formula is C52H66F6N6O5. The number of amides is 2. The second kappa shape index (κ2) is 27.9. The zero-order chi connectivity index (χ0) is 50.4. The number of nitrogens with zero attached hydrogens (tertiary/aromatic N) is 2. The smallest absolute Gasteiger partial charge is 0.416 e. The van der Waals surface area contributed by atoms with E-state index in [2.05, 4.69) is 20.9 Å². The van der Waals surface area contributed by atoms with Crippen molar-refractivity contribution in [3.63, 3.8) is 0 Å². The number of aldehydes is 1. The zero-order valence-electron chi connectivity index (χ0n) is 39.7. The van der Waals surface area contributed by atoms with Gasteiger partial charge in [-0.1, -0.05) is 60.7 Å². The average Bonchev–Trinajstić information content (AvgIpc) is 3.33. The first kappa shape index (κ1) is 55.7. The minimum Gasteiger partial charge on any atom is -0.498 e. The summed E-state index contributed by atoms with van der Waals surface area (Å²) in [5.74, 6) is 0.100. The van der Waals surface area contributed by atoms with E-state index in [4.69, 9.17) is 15.2 Å². The van der Waals surface area contributed by atoms with Crippen LogP contribution in [0.5, 0.6) is 0 Å². The van der Waals surface area contributed by atoms with Crippen LogP contribution in [-0.2, 0) is 31.4 Å². The maximum Gasteiger partial charge on any atom is 0.416 e. The Hall–Kier alpha value is -5.91. The number of nitrogens with two attached hydrogens (primary N) is 1. The Balaban J connectivity index is 0.000000242. The number of alkyl halides is 6. The van der Waals surface area contributed by atoms with Crippen LogP contribution >= 0.6 is 0 Å². The number of nitrogen functional groups attached to an aromatic ring is 1. The van der Waals surface area contributed by atoms with Crippen molar-refractivity contribution in [2.45, 2.75) is 88.1 Å². The van der Waals surface area contributed by atoms with Gasteiger partial charge in [0.2, 0.25) is 11.8 Å². The summed E-state index contributed by atoms with van der Waals surface area (Å²) in [4.78, 5) is 37.7. The molecule has 0 aromatic heterocycles. The SMILES string of the molecule is CN(C)CCNC(=O)CC[C@H]1CCC=CO1.CN(C)CCNC(=O)CC[C@H]1CC[C@@H]2[C@H](O1)c1cc(C(F)(F)F)ccc1N[C@H]2c1ccccc1.Nc1ccc(C(F)(F)F)cc1.O=Cc1ccccc1. The van der Waals surface area contributed by atoms with Gasteiger partial charge in [0.1, 0.15) is 6.29 Å². The Kier molecular flexibility index (Phi) is 22.5. The molecule has 0 unspecified atom stereocenters. The highest BCUT2D eigenvalue weighted by molar-refractivity contribution is 5.76. The van der Waals surface area contributed by atoms with Crippen LogP contribution < -0.4 is 21.7 Å². The van der Waals surface area contributed by atoms with Gasteiger partial charge < -0.3 is 41.0 Å². The number of benzene rings is 4. The van der Waals surface area contributed by atoms with E-state index in [1.165, 1.54) is 24.3 Å². The molecular weight excluding hydrogens is 903 g/mol. The Labute approximate surface area is 401 Å². The molecule has 1 saturated heterocycles. The van der Waals surface area contributed by atoms with Gasteiger partial charge in [-0.2, -0.15) is 26.3 Å². The lowest BCUT2D eigenvalue weighted by Crippen LogP contribution is -2.39. The topological polar surface area (TPSA) is 138 Å². The molecule has 0 saturated carbocycles. The summed E-state index contributed by atoms with van der Waals surface area (Å²) in [5.41, 5.74) is 7.23. The second-order valence-electron chi connectivity index (χ2n) is 17.5. The first-order chi connectivity index (χ1) is 32.8. The van der Waals surface area contributed by atoms with E-state index in [1.807, 2.05) is 87.7 Å². The van der Waals surface area contributed by atoms with Gasteiger partial charge in [-0.25, -0.2) is 0 Å². The van der Waals surface area contributed by atoms with Crippen molar-refractivity contribution in [2.24, 2.45) is 5.92 Å². The molecule has 0 spiro atoms. The van der Waals surface area contributed by atoms with Crippen LogP contribution in [0.2, 0.25) is 0 Å². The van der Waals surface area contributed by atoms with Crippen molar-refractivity contribution in [1.82, 2.24) is 20.4 Å². The van der Waals surface area contributed by atoms with Crippen LogP contribution in [-0.4, -0.2) is 94.5 Å². The number of anilines is 2. The number of carbonyl (C=O) groups is 3. The van der Waals surface area contributed by atoms with Gasteiger partial charge in [0.15, 0.2) is 0 Å². The standard InChI is InChI=1S/C26H32F3N3O2.C12H22N2O2.C7H6F3N.C7H6O/c1-32(2)15-14-30-23(33)13-10-19-9-11-20-24(17-6-4-3-5-7-17)31-22-12-8-18(26(27,28)29)16-21(22)25(20)34-19;1-14(2)9-8-13-12(15)7-6-11-5-3-4-10-16-11;8-7(9,10)5-1-3-6(11)4-2-5;8-6-7-4-2-1-3-5-7/h3-8,12,16,19-20,24-25,31H,9-11,13-15H2,1-2H3,(H,30,33);4,10-11H,3,5-9H2,1-2H3,(H,13,15);1-4H,11H2;1-6H/t19-,20+,24+,25+;11-;;/m11../s1. The monoisotopic (exact) mass is 968 g/mol. The van der Waals surface area contributed by atoms with E-state index in [0.29, 0.717) is 42.7 Å². The number of hydrogen-bond donors (Lipinski definition) is 4. The lowest BCUT2D eigenvalue weighted by molar-refractivity contribution is -0.138. The van der Waals surface area contributed by atoms with Gasteiger partial charge in [0.25, 0.3) is 0 Å². The molecule has 2 amide bonds. The van der Waals surface area contributed by atoms with Gasteiger partial charge in [-0.3, -0.25) is 14.4 Å². The highest BCUT2D eigenvalue weighted by Gasteiger charge is 2.43. The van der Waals surface area contributed by atoms with Crippen LogP contribution in [0.3, 0.4) is 0 Å². The van der Waals surface area contributed by atoms with Crippen LogP contribution in [0.4, 0.5) is 37.7 Å². The molecule has 3 aliphatic heterocycles. The quantitative estimate of drug-likeness (QED) is 0.0553. The van der Waals surface area contributed by atoms with Crippen molar-refractivity contribution < 1.29 is 50.2 Å². The highest BCUT2D eigenvalue weighted by Crippen LogP contribution is 2.51. The maximum absolute atomic E-state index is 13.5. The summed E-state index contributed by atoms with van der Waals surface area (Å²) >= 11 is 0. The Morgan fingerprint density at radius 3 is 1.78 bits per heavy atom. The Bertz CT molecular complexity index is 2180. The van der Waals surface area contributed by atoms with Gasteiger partial charge in [-0.05, 0) is 121 Å². The fourth-order valence-electron chi connectivity index (χ4n) is 7.73. The number of ether oxygens (including phenoxy) is 2. The molecule has 5 N–H and O–H groups in total. The molecule has 4 aromatic rings. The van der Waals surface area contributed by atoms with Crippen LogP contribution in [0.15, 0.2) is 115 Å². The van der Waals surface area contributed by atoms with Gasteiger partial charge in [0.05, 0.1) is 41.7 Å². The molecule has 7 rings (SSSR count). The summed E-state index contributed by atoms with van der Waals surface area (Å²) in [6.07, 6.45) is 1.45. The van der Waals surface area contributed by atoms with E-state index in [0.717, 1.165) is 87.4 Å². The fraction of sp³-hybridized carbons (Fsp3) is 0.442. The zero-order valence-corrected chi connectivity index (χ0v) is 39.7. The molecule has 0 radical (unpaired) electrons. The number of likely N-dealkylation sites (N-methyl/N-ethyl adjacent to an activating group) is 2. The first-order valence-electron chi connectivity index (χ1n) is 23.1. The number of carbonyl (C=O) groups excluding carboxylic acids is 3. The van der Waals surface area contributed by atoms with Crippen LogP contribution in [0, 0.1) is 5.92 Å². The molecule has 1 fully saturated rings. The molecule has 3 aliphatic rings. The van der Waals surface area contributed by atoms with Crippen molar-refractivity contribution in [3.05, 3.63) is 143 Å². The fourth-order valence-corrected chi connectivity index (χ4v) is 7.73. The molecule has 11 nitrogen and oxygen atoms in total. The summed E-state index contributed by atoms with van der Waals surface area (Å²) in [7, 11) is 7.88. The predicted octanol–water partition coefficient (Wildman–Crippen LogP) is 10.1. The lowest BCUT2D eigenvalue weighted by Gasteiger charge is -2.46. The minimum absolute atomic E-state index is 0.00329. The number of hydrogen-bond acceptors (Lipinski definition) is 9. The average molecular weight is 969 g/mol. The normalized spacial score (nSPS) is 19.3. The molecule has 3 heterocycles. The number of rotatable bonds is 14. The van der Waals surface area contributed by atoms with Crippen molar-refractivity contribution >= 4 is 29.5 Å². The first-order valence-corrected chi connectivity index (χ1v) is 23.1. The van der Waals surface area contributed by atoms with Crippen LogP contribution in [0.25, 0.3) is 0 Å². The van der Waals surface area contributed by atoms with Gasteiger partial charge in [0, 0.05) is 67.4 Å². The second-order valence-corrected chi connectivity index (χ2v) is 17.5. The van der Waals surface area contributed by atoms with E-state index in [-0.39, 0.29) is 36.0 Å². The molecule has 69 heavy (non-hydrogen) atoms. The summed E-state index contributed by atoms with van der Waals surface area (Å²) in [5, 5.41) is 9.28. The van der Waals surface area contributed by atoms with E-state index >= 15 is 0 Å². The molecule has 5 atom stereocenters. The van der Waals surface area contributed by atoms with Crippen molar-refractivity contribution in [3.8, 4) is 0 Å². The Morgan fingerprint density at radius 1 is 0.725 bits per heavy atom. The molecule has 0 bridgehead atoms. The van der Waals surface area contributed by atoms with E-state index < -0.39 is 29.6 Å². The van der Waals surface area contributed by atoms with E-state index in [9.17, 15) is 40.7 Å². The minimum atomic E-state index is -4.42. The summed E-state index contributed by atoms with van der Waals surface area (Å²) in [6.45, 7) is 2.95. The van der Waals surface area contributed by atoms with Crippen molar-refractivity contribution in [1.29, 1.82) is 0 Å². The Morgan fingerprint density at radius 2 is 1.28 bits per heavy atom. The molecule has 4 aromatic carbocycles. The highest BCUT2D eigenvalue weighted by atomic mass is 19.4. The van der Waals surface area contributed by atoms with E-state index in [1.54, 1.807) is 18.4 Å². The molecule has 17 heteroatoms. The summed E-state index contributed by atoms with van der Waals surface area (Å²) in [6, 6.07) is 27.2. The number of halogens is 6. The van der Waals surface area contributed by atoms with Crippen LogP contribution in [0.1, 0.15) is 96.1 Å². The van der Waals surface area contributed by atoms with Gasteiger partial charge in [-0.15, -0.1) is 0 Å². The third kappa shape index (κ3) is 19.9. The number of allylic oxidation sites excluding steroid dienone is 1. The van der Waals surface area contributed by atoms with Crippen molar-refractivity contribution in [2.75, 3.05) is 65.4 Å². The van der Waals surface area contributed by atoms with Gasteiger partial charge >= 0.3 is 12.4 Å². The third-order valence-electron chi connectivity index (χ3n) is 11.5. The summed E-state index contributed by atoms with van der Waals surface area (Å²) < 4.78 is 87.8. The lowest BCUT2D eigenvalue weighted by atomic mass is 9.76. The molecule has 0 aliphatic carbocycles. The predicted molar refractivity (Wildman–Crippen MR) is 257 cm³/mol. The maximum atomic E-state index is 13.5. The molecule has 376 valence electrons. The number of nitrogens with one attached hydrogen (secondary N) is 3. The third-order valence-corrected chi connectivity index (χ3v) is 11.5. The largest absolute Gasteiger partial charge is 0.498 e.